The fraction of sp³-hybridized carbons (Fsp3) is 0.400. The van der Waals surface area contributed by atoms with Gasteiger partial charge in [-0.15, -0.1) is 0 Å². The van der Waals surface area contributed by atoms with Gasteiger partial charge in [0.1, 0.15) is 12.0 Å². The molecule has 0 heterocycles. The molecule has 2 aromatic rings. The molecule has 0 aromatic heterocycles. The van der Waals surface area contributed by atoms with Gasteiger partial charge in [0.2, 0.25) is 0 Å². The highest BCUT2D eigenvalue weighted by Gasteiger charge is 2.31. The van der Waals surface area contributed by atoms with E-state index in [4.69, 9.17) is 4.74 Å². The van der Waals surface area contributed by atoms with Crippen LogP contribution in [0.1, 0.15) is 23.6 Å². The van der Waals surface area contributed by atoms with E-state index < -0.39 is 11.7 Å². The van der Waals surface area contributed by atoms with Gasteiger partial charge < -0.3 is 9.64 Å². The molecule has 6 heteroatoms. The lowest BCUT2D eigenvalue weighted by molar-refractivity contribution is -0.137. The number of hydrogen-bond acceptors (Lipinski definition) is 3. The highest BCUT2D eigenvalue weighted by Crippen LogP contribution is 2.33. The molecule has 3 nitrogen and oxygen atoms in total. The molecule has 0 aliphatic rings. The van der Waals surface area contributed by atoms with Crippen molar-refractivity contribution in [2.24, 2.45) is 0 Å². The zero-order chi connectivity index (χ0) is 19.3. The van der Waals surface area contributed by atoms with E-state index in [9.17, 15) is 13.2 Å². The summed E-state index contributed by atoms with van der Waals surface area (Å²) in [4.78, 5) is 3.83. The molecule has 0 saturated heterocycles. The monoisotopic (exact) mass is 366 g/mol. The van der Waals surface area contributed by atoms with E-state index in [2.05, 4.69) is 0 Å². The van der Waals surface area contributed by atoms with Gasteiger partial charge in [-0.3, -0.25) is 4.90 Å². The normalized spacial score (nSPS) is 13.3. The molecule has 0 radical (unpaired) electrons. The van der Waals surface area contributed by atoms with E-state index >= 15 is 0 Å². The Bertz CT molecular complexity index is 702. The van der Waals surface area contributed by atoms with Gasteiger partial charge in [-0.05, 0) is 51.8 Å². The first-order valence-corrected chi connectivity index (χ1v) is 8.42. The maximum Gasteiger partial charge on any atom is 0.416 e. The quantitative estimate of drug-likeness (QED) is 0.665. The summed E-state index contributed by atoms with van der Waals surface area (Å²) in [5.74, 6) is 0.471. The van der Waals surface area contributed by atoms with Gasteiger partial charge >= 0.3 is 6.18 Å². The predicted octanol–water partition coefficient (Wildman–Crippen LogP) is 4.62. The fourth-order valence-corrected chi connectivity index (χ4v) is 2.61. The zero-order valence-electron chi connectivity index (χ0n) is 15.5. The molecule has 0 aliphatic heterocycles. The van der Waals surface area contributed by atoms with E-state index in [1.165, 1.54) is 12.1 Å². The van der Waals surface area contributed by atoms with Crippen LogP contribution in [0.15, 0.2) is 48.5 Å². The van der Waals surface area contributed by atoms with Crippen LogP contribution in [0.2, 0.25) is 0 Å². The Hall–Kier alpha value is -2.05. The van der Waals surface area contributed by atoms with Crippen molar-refractivity contribution in [2.75, 3.05) is 21.1 Å². The Balaban J connectivity index is 2.15. The number of rotatable bonds is 7. The fourth-order valence-electron chi connectivity index (χ4n) is 2.61. The average Bonchev–Trinajstić information content (AvgIpc) is 2.55. The van der Waals surface area contributed by atoms with E-state index in [1.807, 2.05) is 68.2 Å². The van der Waals surface area contributed by atoms with Gasteiger partial charge in [0.15, 0.2) is 0 Å². The van der Waals surface area contributed by atoms with Crippen LogP contribution in [0.25, 0.3) is 0 Å². The molecule has 0 fully saturated rings. The molecular weight excluding hydrogens is 341 g/mol. The number of nitrogens with zero attached hydrogens (tertiary/aromatic N) is 2. The summed E-state index contributed by atoms with van der Waals surface area (Å²) in [6.45, 7) is 2.94. The molecule has 2 rings (SSSR count). The lowest BCUT2D eigenvalue weighted by atomic mass is 10.1. The van der Waals surface area contributed by atoms with Gasteiger partial charge in [0, 0.05) is 18.7 Å². The van der Waals surface area contributed by atoms with Crippen LogP contribution in [0.5, 0.6) is 5.75 Å². The predicted molar refractivity (Wildman–Crippen MR) is 96.8 cm³/mol. The first-order chi connectivity index (χ1) is 12.2. The Morgan fingerprint density at radius 1 is 0.962 bits per heavy atom. The van der Waals surface area contributed by atoms with E-state index in [0.29, 0.717) is 24.4 Å². The van der Waals surface area contributed by atoms with Crippen molar-refractivity contribution in [3.05, 3.63) is 65.2 Å². The van der Waals surface area contributed by atoms with Crippen LogP contribution >= 0.6 is 0 Å². The summed E-state index contributed by atoms with van der Waals surface area (Å²) < 4.78 is 45.0. The highest BCUT2D eigenvalue weighted by atomic mass is 19.4. The Morgan fingerprint density at radius 2 is 1.62 bits per heavy atom. The third kappa shape index (κ3) is 5.75. The molecule has 1 atom stereocenters. The van der Waals surface area contributed by atoms with E-state index in [-0.39, 0.29) is 6.23 Å². The second kappa shape index (κ2) is 8.56. The molecule has 0 amide bonds. The van der Waals surface area contributed by atoms with Crippen LogP contribution in [0.4, 0.5) is 13.2 Å². The number of benzene rings is 2. The summed E-state index contributed by atoms with van der Waals surface area (Å²) in [6.07, 6.45) is -4.65. The molecule has 142 valence electrons. The van der Waals surface area contributed by atoms with Gasteiger partial charge in [0.25, 0.3) is 0 Å². The summed E-state index contributed by atoms with van der Waals surface area (Å²) in [5, 5.41) is 0. The van der Waals surface area contributed by atoms with Crippen LogP contribution < -0.4 is 4.74 Å². The van der Waals surface area contributed by atoms with Gasteiger partial charge in [0.05, 0.1) is 5.56 Å². The maximum atomic E-state index is 13.0. The Kier molecular flexibility index (Phi) is 6.67. The first kappa shape index (κ1) is 20.3. The minimum absolute atomic E-state index is 0.284. The van der Waals surface area contributed by atoms with Crippen LogP contribution in [-0.4, -0.2) is 37.2 Å². The molecule has 1 unspecified atom stereocenters. The highest BCUT2D eigenvalue weighted by molar-refractivity contribution is 5.38. The average molecular weight is 366 g/mol. The van der Waals surface area contributed by atoms with Crippen LogP contribution in [-0.2, 0) is 19.3 Å². The number of hydrogen-bond donors (Lipinski definition) is 0. The van der Waals surface area contributed by atoms with Crippen molar-refractivity contribution in [1.29, 1.82) is 0 Å². The van der Waals surface area contributed by atoms with Crippen LogP contribution in [0.3, 0.4) is 0 Å². The number of ether oxygens (including phenoxy) is 1. The second-order valence-electron chi connectivity index (χ2n) is 6.68. The lowest BCUT2D eigenvalue weighted by Gasteiger charge is -2.27. The summed E-state index contributed by atoms with van der Waals surface area (Å²) in [5.41, 5.74) is 1.00. The Labute approximate surface area is 153 Å². The standard InChI is InChI=1S/C20H25F3N2O/c1-15(25(4)13-16-8-6-5-7-9-16)26-19-11-10-18(20(21,22)23)12-17(19)14-24(2)3/h5-12,15H,13-14H2,1-4H3. The van der Waals surface area contributed by atoms with Crippen molar-refractivity contribution in [3.8, 4) is 5.75 Å². The Morgan fingerprint density at radius 3 is 2.19 bits per heavy atom. The summed E-state index contributed by atoms with van der Waals surface area (Å²) in [7, 11) is 5.55. The summed E-state index contributed by atoms with van der Waals surface area (Å²) in [6, 6.07) is 13.6. The van der Waals surface area contributed by atoms with Crippen molar-refractivity contribution in [1.82, 2.24) is 9.80 Å². The molecule has 0 saturated carbocycles. The lowest BCUT2D eigenvalue weighted by Crippen LogP contribution is -2.33. The smallest absolute Gasteiger partial charge is 0.416 e. The van der Waals surface area contributed by atoms with Gasteiger partial charge in [-0.25, -0.2) is 0 Å². The van der Waals surface area contributed by atoms with Crippen molar-refractivity contribution < 1.29 is 17.9 Å². The zero-order valence-corrected chi connectivity index (χ0v) is 15.5. The third-order valence-corrected chi connectivity index (χ3v) is 4.07. The molecule has 2 aromatic carbocycles. The molecular formula is C20H25F3N2O. The van der Waals surface area contributed by atoms with Crippen molar-refractivity contribution in [3.63, 3.8) is 0 Å². The van der Waals surface area contributed by atoms with Crippen molar-refractivity contribution >= 4 is 0 Å². The molecule has 0 N–H and O–H groups in total. The molecule has 0 spiro atoms. The first-order valence-electron chi connectivity index (χ1n) is 8.42. The molecule has 0 bridgehead atoms. The van der Waals surface area contributed by atoms with Gasteiger partial charge in [-0.2, -0.15) is 13.2 Å². The maximum absolute atomic E-state index is 13.0. The summed E-state index contributed by atoms with van der Waals surface area (Å²) >= 11 is 0. The molecule has 26 heavy (non-hydrogen) atoms. The third-order valence-electron chi connectivity index (χ3n) is 4.07. The minimum Gasteiger partial charge on any atom is -0.475 e. The van der Waals surface area contributed by atoms with Crippen molar-refractivity contribution in [2.45, 2.75) is 32.4 Å². The van der Waals surface area contributed by atoms with E-state index in [1.54, 1.807) is 0 Å². The minimum atomic E-state index is -4.37. The van der Waals surface area contributed by atoms with Crippen LogP contribution in [0, 0.1) is 0 Å². The topological polar surface area (TPSA) is 15.7 Å². The number of alkyl halides is 3. The number of halogens is 3. The van der Waals surface area contributed by atoms with Gasteiger partial charge in [-0.1, -0.05) is 30.3 Å². The molecule has 0 aliphatic carbocycles. The largest absolute Gasteiger partial charge is 0.475 e. The SMILES string of the molecule is CC(Oc1ccc(C(F)(F)F)cc1CN(C)C)N(C)Cc1ccccc1. The second-order valence-corrected chi connectivity index (χ2v) is 6.68. The van der Waals surface area contributed by atoms with E-state index in [0.717, 1.165) is 11.6 Å².